The monoisotopic (exact) mass is 595 g/mol. The third-order valence-corrected chi connectivity index (χ3v) is 8.69. The molecule has 0 saturated carbocycles. The molecule has 0 aliphatic carbocycles. The van der Waals surface area contributed by atoms with Crippen LogP contribution in [0.15, 0.2) is 132 Å². The van der Waals surface area contributed by atoms with Crippen molar-refractivity contribution in [3.05, 3.63) is 128 Å². The summed E-state index contributed by atoms with van der Waals surface area (Å²) in [4.78, 5) is 11.1. The smallest absolute Gasteiger partial charge is 0.868 e. The van der Waals surface area contributed by atoms with Crippen LogP contribution in [0.3, 0.4) is 0 Å². The van der Waals surface area contributed by atoms with Gasteiger partial charge in [-0.15, -0.1) is 0 Å². The average molecular weight is 596 g/mol. The van der Waals surface area contributed by atoms with E-state index in [4.69, 9.17) is 9.40 Å². The number of aromatic nitrogens is 3. The predicted octanol–water partition coefficient (Wildman–Crippen LogP) is 1.23. The van der Waals surface area contributed by atoms with Crippen molar-refractivity contribution < 1.29 is 62.3 Å². The van der Waals surface area contributed by atoms with Crippen LogP contribution in [0.4, 0.5) is 0 Å². The summed E-state index contributed by atoms with van der Waals surface area (Å²) in [6.45, 7) is 0. The van der Waals surface area contributed by atoms with Crippen molar-refractivity contribution in [3.8, 4) is 45.2 Å². The maximum Gasteiger partial charge on any atom is 1.00 e. The zero-order chi connectivity index (χ0) is 30.1. The van der Waals surface area contributed by atoms with Gasteiger partial charge in [-0.1, -0.05) is 60.7 Å². The number of nitrogens with one attached hydrogen (secondary N) is 2. The molecule has 6 aromatic carbocycles. The van der Waals surface area contributed by atoms with Gasteiger partial charge < -0.3 is 14.6 Å². The van der Waals surface area contributed by atoms with E-state index in [0.29, 0.717) is 28.1 Å². The van der Waals surface area contributed by atoms with Crippen LogP contribution in [0.2, 0.25) is 0 Å². The van der Waals surface area contributed by atoms with E-state index >= 15 is 0 Å². The Hall–Kier alpha value is -5.08. The van der Waals surface area contributed by atoms with Gasteiger partial charge in [0.25, 0.3) is 0 Å². The summed E-state index contributed by atoms with van der Waals surface area (Å²) in [5.41, 5.74) is 6.73. The van der Waals surface area contributed by atoms with Crippen molar-refractivity contribution >= 4 is 54.5 Å². The van der Waals surface area contributed by atoms with Crippen LogP contribution in [0.25, 0.3) is 88.2 Å². The maximum absolute atomic E-state index is 14.2. The standard InChI is InChI=1S/C39H23N3O3.2Li/c43-32-18-17-26(28-10-6-20-41-37(28)32)34-24-8-1-2-9-25(24)35(29-16-13-22-7-5-19-40-36(22)38(29)44)30-21-23(14-15-27(30)34)39-42-31-11-3-4-12-33(31)45-39;;/h1-21,43-44H;;/q;2*+1. The van der Waals surface area contributed by atoms with Gasteiger partial charge in [0.2, 0.25) is 16.9 Å². The fraction of sp³-hybridized carbons (Fsp3) is 0. The first-order valence-electron chi connectivity index (χ1n) is 14.7. The van der Waals surface area contributed by atoms with Crippen LogP contribution < -0.4 is 57.9 Å². The summed E-state index contributed by atoms with van der Waals surface area (Å²) >= 11 is 0. The molecule has 8 heteroatoms. The number of oxazole rings is 1. The van der Waals surface area contributed by atoms with Gasteiger partial charge in [-0.2, -0.15) is 0 Å². The van der Waals surface area contributed by atoms with Crippen molar-refractivity contribution in [3.63, 3.8) is 0 Å². The van der Waals surface area contributed by atoms with E-state index in [-0.39, 0.29) is 49.2 Å². The van der Waals surface area contributed by atoms with Crippen molar-refractivity contribution in [2.24, 2.45) is 0 Å². The molecule has 0 atom stereocenters. The third-order valence-electron chi connectivity index (χ3n) is 8.69. The molecule has 0 unspecified atom stereocenters. The summed E-state index contributed by atoms with van der Waals surface area (Å²) < 4.78 is 6.19. The summed E-state index contributed by atoms with van der Waals surface area (Å²) in [6, 6.07) is 37.1. The van der Waals surface area contributed by atoms with Gasteiger partial charge in [0.05, 0.1) is 5.39 Å². The van der Waals surface area contributed by atoms with Gasteiger partial charge in [-0.05, 0) is 97.8 Å². The van der Waals surface area contributed by atoms with E-state index in [0.717, 1.165) is 60.1 Å². The molecular weight excluding hydrogens is 572 g/mol. The van der Waals surface area contributed by atoms with E-state index in [1.807, 2.05) is 84.9 Å². The molecule has 0 amide bonds. The van der Waals surface area contributed by atoms with Crippen molar-refractivity contribution in [1.82, 2.24) is 4.98 Å². The fourth-order valence-corrected chi connectivity index (χ4v) is 6.67. The minimum atomic E-state index is -0.0738. The van der Waals surface area contributed by atoms with Crippen LogP contribution in [0, 0.1) is 0 Å². The Balaban J connectivity index is 0.00000176. The van der Waals surface area contributed by atoms with E-state index in [1.54, 1.807) is 18.5 Å². The van der Waals surface area contributed by atoms with Gasteiger partial charge in [0.15, 0.2) is 18.0 Å². The number of aromatic amines is 2. The van der Waals surface area contributed by atoms with Crippen molar-refractivity contribution in [2.45, 2.75) is 0 Å². The SMILES string of the molecule is [Li+].[Li+].[O-]c1c(-c2c3ccccc3c(-c3ccc([O-])c4[nH+]cccc34)c3ccc(-c4nc5ccccc5o4)cc23)ccc2ccc[nH+]c12. The Morgan fingerprint density at radius 2 is 1.21 bits per heavy atom. The zero-order valence-corrected chi connectivity index (χ0v) is 25.8. The first-order chi connectivity index (χ1) is 22.2. The second-order valence-corrected chi connectivity index (χ2v) is 11.2. The van der Waals surface area contributed by atoms with Crippen molar-refractivity contribution in [2.75, 3.05) is 0 Å². The summed E-state index contributed by atoms with van der Waals surface area (Å²) in [5, 5.41) is 32.4. The van der Waals surface area contributed by atoms with Crippen LogP contribution in [-0.4, -0.2) is 4.98 Å². The zero-order valence-electron chi connectivity index (χ0n) is 25.8. The molecule has 0 aliphatic rings. The Morgan fingerprint density at radius 1 is 0.553 bits per heavy atom. The molecule has 0 radical (unpaired) electrons. The number of para-hydroxylation sites is 2. The fourth-order valence-electron chi connectivity index (χ4n) is 6.67. The summed E-state index contributed by atoms with van der Waals surface area (Å²) in [5.74, 6) is 0.361. The number of benzene rings is 6. The molecule has 9 aromatic rings. The van der Waals surface area contributed by atoms with E-state index in [1.165, 1.54) is 0 Å². The molecule has 9 rings (SSSR count). The molecule has 0 spiro atoms. The molecule has 0 saturated heterocycles. The molecule has 3 heterocycles. The van der Waals surface area contributed by atoms with E-state index < -0.39 is 0 Å². The first-order valence-corrected chi connectivity index (χ1v) is 14.7. The largest absolute Gasteiger partial charge is 1.00 e. The van der Waals surface area contributed by atoms with E-state index in [2.05, 4.69) is 34.2 Å². The number of nitrogens with zero attached hydrogens (tertiary/aromatic N) is 1. The third kappa shape index (κ3) is 4.78. The Morgan fingerprint density at radius 3 is 2.02 bits per heavy atom. The molecule has 0 aliphatic heterocycles. The van der Waals surface area contributed by atoms with Crippen molar-refractivity contribution in [1.29, 1.82) is 0 Å². The molecule has 3 aromatic heterocycles. The van der Waals surface area contributed by atoms with Gasteiger partial charge in [-0.25, -0.2) is 15.0 Å². The van der Waals surface area contributed by atoms with Crippen LogP contribution in [0.1, 0.15) is 0 Å². The second-order valence-electron chi connectivity index (χ2n) is 11.2. The van der Waals surface area contributed by atoms with Gasteiger partial charge in [0.1, 0.15) is 5.52 Å². The predicted molar refractivity (Wildman–Crippen MR) is 172 cm³/mol. The van der Waals surface area contributed by atoms with Gasteiger partial charge in [0, 0.05) is 23.1 Å². The van der Waals surface area contributed by atoms with Gasteiger partial charge >= 0.3 is 37.7 Å². The normalized spacial score (nSPS) is 11.2. The quantitative estimate of drug-likeness (QED) is 0.227. The molecule has 0 fully saturated rings. The molecule has 2 N–H and O–H groups in total. The summed E-state index contributed by atoms with van der Waals surface area (Å²) in [6.07, 6.45) is 3.55. The molecular formula is C39H23Li2N3O3+2. The molecule has 47 heavy (non-hydrogen) atoms. The second kappa shape index (κ2) is 11.9. The average Bonchev–Trinajstić information content (AvgIpc) is 3.53. The minimum absolute atomic E-state index is 0. The molecule has 6 nitrogen and oxygen atoms in total. The van der Waals surface area contributed by atoms with E-state index in [9.17, 15) is 10.2 Å². The Labute approximate surface area is 293 Å². The van der Waals surface area contributed by atoms with Crippen LogP contribution in [-0.2, 0) is 0 Å². The molecule has 0 bridgehead atoms. The number of pyridine rings is 2. The minimum Gasteiger partial charge on any atom is -0.868 e. The Kier molecular flexibility index (Phi) is 7.76. The molecule has 212 valence electrons. The number of hydrogen-bond acceptors (Lipinski definition) is 4. The maximum atomic E-state index is 14.2. The number of hydrogen-bond donors (Lipinski definition) is 0. The number of H-pyrrole nitrogens is 2. The summed E-state index contributed by atoms with van der Waals surface area (Å²) in [7, 11) is 0. The number of rotatable bonds is 3. The number of fused-ring (bicyclic) bond motifs is 5. The Bertz CT molecular complexity index is 2620. The topological polar surface area (TPSA) is 100 Å². The van der Waals surface area contributed by atoms with Gasteiger partial charge in [-0.3, -0.25) is 0 Å². The first kappa shape index (κ1) is 30.6. The van der Waals surface area contributed by atoms with Crippen LogP contribution >= 0.6 is 0 Å². The van der Waals surface area contributed by atoms with Crippen LogP contribution in [0.5, 0.6) is 11.5 Å².